The van der Waals surface area contributed by atoms with Gasteiger partial charge in [0.25, 0.3) is 0 Å². The fourth-order valence-electron chi connectivity index (χ4n) is 2.00. The number of hydrogen-bond donors (Lipinski definition) is 2. The Labute approximate surface area is 98.8 Å². The highest BCUT2D eigenvalue weighted by Crippen LogP contribution is 2.20. The van der Waals surface area contributed by atoms with Crippen LogP contribution in [-0.2, 0) is 0 Å². The Morgan fingerprint density at radius 3 is 2.00 bits per heavy atom. The highest BCUT2D eigenvalue weighted by molar-refractivity contribution is 5.66. The van der Waals surface area contributed by atoms with E-state index in [0.29, 0.717) is 5.92 Å². The fourth-order valence-corrected chi connectivity index (χ4v) is 2.00. The summed E-state index contributed by atoms with van der Waals surface area (Å²) in [4.78, 5) is 12.7. The Hall–Kier alpha value is -0.770. The van der Waals surface area contributed by atoms with Crippen molar-refractivity contribution in [2.45, 2.75) is 65.6 Å². The SMILES string of the molecule is CC(C)C[C@@H](N)[C@H](C)N(C(=O)O)C(C)(C)C. The predicted octanol–water partition coefficient (Wildman–Crippen LogP) is 2.53. The lowest BCUT2D eigenvalue weighted by Crippen LogP contribution is -2.56. The van der Waals surface area contributed by atoms with Gasteiger partial charge in [0.05, 0.1) is 0 Å². The molecule has 0 fully saturated rings. The highest BCUT2D eigenvalue weighted by atomic mass is 16.4. The van der Waals surface area contributed by atoms with Gasteiger partial charge in [-0.2, -0.15) is 0 Å². The van der Waals surface area contributed by atoms with Gasteiger partial charge in [0, 0.05) is 17.6 Å². The summed E-state index contributed by atoms with van der Waals surface area (Å²) in [5.74, 6) is 0.480. The van der Waals surface area contributed by atoms with Crippen LogP contribution < -0.4 is 5.73 Å². The minimum atomic E-state index is -0.904. The maximum Gasteiger partial charge on any atom is 0.408 e. The zero-order chi connectivity index (χ0) is 13.1. The van der Waals surface area contributed by atoms with Crippen LogP contribution in [0.4, 0.5) is 4.79 Å². The first-order valence-electron chi connectivity index (χ1n) is 5.85. The summed E-state index contributed by atoms with van der Waals surface area (Å²) in [6, 6.07) is -0.282. The smallest absolute Gasteiger partial charge is 0.408 e. The number of nitrogens with zero attached hydrogens (tertiary/aromatic N) is 1. The van der Waals surface area contributed by atoms with Crippen molar-refractivity contribution in [1.82, 2.24) is 4.90 Å². The molecule has 0 saturated heterocycles. The molecule has 0 radical (unpaired) electrons. The van der Waals surface area contributed by atoms with Gasteiger partial charge in [-0.15, -0.1) is 0 Å². The van der Waals surface area contributed by atoms with Gasteiger partial charge in [-0.05, 0) is 40.0 Å². The van der Waals surface area contributed by atoms with Crippen molar-refractivity contribution in [1.29, 1.82) is 0 Å². The van der Waals surface area contributed by atoms with Gasteiger partial charge >= 0.3 is 6.09 Å². The van der Waals surface area contributed by atoms with E-state index < -0.39 is 11.6 Å². The van der Waals surface area contributed by atoms with Gasteiger partial charge in [0.1, 0.15) is 0 Å². The van der Waals surface area contributed by atoms with E-state index in [1.807, 2.05) is 27.7 Å². The molecule has 0 unspecified atom stereocenters. The fraction of sp³-hybridized carbons (Fsp3) is 0.917. The molecule has 2 atom stereocenters. The first-order valence-corrected chi connectivity index (χ1v) is 5.85. The lowest BCUT2D eigenvalue weighted by atomic mass is 9.95. The Balaban J connectivity index is 4.75. The third-order valence-corrected chi connectivity index (χ3v) is 2.70. The van der Waals surface area contributed by atoms with E-state index >= 15 is 0 Å². The average Bonchev–Trinajstić information content (AvgIpc) is 1.98. The van der Waals surface area contributed by atoms with Crippen molar-refractivity contribution in [2.24, 2.45) is 11.7 Å². The molecule has 0 spiro atoms. The Morgan fingerprint density at radius 1 is 1.31 bits per heavy atom. The summed E-state index contributed by atoms with van der Waals surface area (Å²) < 4.78 is 0. The topological polar surface area (TPSA) is 66.6 Å². The summed E-state index contributed by atoms with van der Waals surface area (Å²) >= 11 is 0. The summed E-state index contributed by atoms with van der Waals surface area (Å²) in [5, 5.41) is 9.23. The standard InChI is InChI=1S/C12H26N2O2/c1-8(2)7-10(13)9(3)14(11(15)16)12(4,5)6/h8-10H,7,13H2,1-6H3,(H,15,16)/t9-,10+/m0/s1. The van der Waals surface area contributed by atoms with Gasteiger partial charge in [-0.3, -0.25) is 4.90 Å². The van der Waals surface area contributed by atoms with Crippen LogP contribution in [0.1, 0.15) is 48.0 Å². The monoisotopic (exact) mass is 230 g/mol. The van der Waals surface area contributed by atoms with E-state index in [1.54, 1.807) is 0 Å². The van der Waals surface area contributed by atoms with Crippen molar-refractivity contribution >= 4 is 6.09 Å². The third kappa shape index (κ3) is 4.39. The van der Waals surface area contributed by atoms with Crippen molar-refractivity contribution in [3.8, 4) is 0 Å². The number of amides is 1. The van der Waals surface area contributed by atoms with Gasteiger partial charge < -0.3 is 10.8 Å². The van der Waals surface area contributed by atoms with E-state index in [0.717, 1.165) is 6.42 Å². The van der Waals surface area contributed by atoms with Crippen LogP contribution in [-0.4, -0.2) is 33.7 Å². The van der Waals surface area contributed by atoms with E-state index in [-0.39, 0.29) is 12.1 Å². The van der Waals surface area contributed by atoms with E-state index in [1.165, 1.54) is 4.90 Å². The number of rotatable bonds is 4. The maximum absolute atomic E-state index is 11.2. The predicted molar refractivity (Wildman–Crippen MR) is 66.5 cm³/mol. The molecule has 96 valence electrons. The quantitative estimate of drug-likeness (QED) is 0.780. The number of carboxylic acid groups (broad SMARTS) is 1. The third-order valence-electron chi connectivity index (χ3n) is 2.70. The Morgan fingerprint density at radius 2 is 1.75 bits per heavy atom. The van der Waals surface area contributed by atoms with Crippen molar-refractivity contribution < 1.29 is 9.90 Å². The largest absolute Gasteiger partial charge is 0.465 e. The molecule has 0 rings (SSSR count). The maximum atomic E-state index is 11.2. The van der Waals surface area contributed by atoms with Gasteiger partial charge in [0.15, 0.2) is 0 Å². The molecular formula is C12H26N2O2. The van der Waals surface area contributed by atoms with Crippen LogP contribution in [0.3, 0.4) is 0 Å². The molecule has 0 aliphatic rings. The van der Waals surface area contributed by atoms with Gasteiger partial charge in [-0.25, -0.2) is 4.79 Å². The zero-order valence-corrected chi connectivity index (χ0v) is 11.3. The summed E-state index contributed by atoms with van der Waals surface area (Å²) in [6.07, 6.45) is -0.0692. The summed E-state index contributed by atoms with van der Waals surface area (Å²) in [5.41, 5.74) is 5.63. The van der Waals surface area contributed by atoms with Crippen LogP contribution >= 0.6 is 0 Å². The molecule has 0 aromatic rings. The zero-order valence-electron chi connectivity index (χ0n) is 11.3. The molecule has 0 aliphatic carbocycles. The molecule has 4 heteroatoms. The Bertz CT molecular complexity index is 234. The van der Waals surface area contributed by atoms with E-state index in [2.05, 4.69) is 13.8 Å². The number of nitrogens with two attached hydrogens (primary N) is 1. The number of hydrogen-bond acceptors (Lipinski definition) is 2. The lowest BCUT2D eigenvalue weighted by Gasteiger charge is -2.40. The second-order valence-electron chi connectivity index (χ2n) is 5.86. The van der Waals surface area contributed by atoms with Crippen LogP contribution in [0.5, 0.6) is 0 Å². The molecular weight excluding hydrogens is 204 g/mol. The van der Waals surface area contributed by atoms with Crippen LogP contribution in [0, 0.1) is 5.92 Å². The summed E-state index contributed by atoms with van der Waals surface area (Å²) in [6.45, 7) is 11.7. The minimum Gasteiger partial charge on any atom is -0.465 e. The van der Waals surface area contributed by atoms with Crippen molar-refractivity contribution in [2.75, 3.05) is 0 Å². The minimum absolute atomic E-state index is 0.115. The van der Waals surface area contributed by atoms with Gasteiger partial charge in [0.2, 0.25) is 0 Å². The molecule has 0 heterocycles. The molecule has 0 aliphatic heterocycles. The second kappa shape index (κ2) is 5.53. The van der Waals surface area contributed by atoms with E-state index in [4.69, 9.17) is 5.73 Å². The average molecular weight is 230 g/mol. The van der Waals surface area contributed by atoms with Crippen LogP contribution in [0.2, 0.25) is 0 Å². The molecule has 0 saturated carbocycles. The van der Waals surface area contributed by atoms with Crippen LogP contribution in [0.25, 0.3) is 0 Å². The molecule has 0 bridgehead atoms. The normalized spacial score (nSPS) is 16.0. The van der Waals surface area contributed by atoms with Crippen LogP contribution in [0.15, 0.2) is 0 Å². The second-order valence-corrected chi connectivity index (χ2v) is 5.86. The van der Waals surface area contributed by atoms with Crippen molar-refractivity contribution in [3.05, 3.63) is 0 Å². The van der Waals surface area contributed by atoms with E-state index in [9.17, 15) is 9.90 Å². The Kier molecular flexibility index (Phi) is 5.26. The highest BCUT2D eigenvalue weighted by Gasteiger charge is 2.33. The molecule has 0 aromatic carbocycles. The van der Waals surface area contributed by atoms with Gasteiger partial charge in [-0.1, -0.05) is 13.8 Å². The molecule has 16 heavy (non-hydrogen) atoms. The molecule has 1 amide bonds. The number of carbonyl (C=O) groups is 1. The molecule has 4 nitrogen and oxygen atoms in total. The molecule has 0 aromatic heterocycles. The summed E-state index contributed by atoms with van der Waals surface area (Å²) in [7, 11) is 0. The lowest BCUT2D eigenvalue weighted by molar-refractivity contribution is 0.0646. The van der Waals surface area contributed by atoms with Crippen molar-refractivity contribution in [3.63, 3.8) is 0 Å². The first kappa shape index (κ1) is 15.2. The first-order chi connectivity index (χ1) is 7.07. The molecule has 3 N–H and O–H groups in total.